The van der Waals surface area contributed by atoms with Gasteiger partial charge in [0.25, 0.3) is 0 Å². The Morgan fingerprint density at radius 1 is 1.06 bits per heavy atom. The van der Waals surface area contributed by atoms with Crippen LogP contribution >= 0.6 is 11.6 Å². The summed E-state index contributed by atoms with van der Waals surface area (Å²) in [5.74, 6) is -0.582. The molecule has 3 aromatic heterocycles. The standard InChI is InChI=1S/C38H37ClF2N8O2/c1-23-42-20-29(40)30(44-23)11-12-31(50)48-18-13-25(21-48)47(2)36-27-19-43-34(26-9-3-7-24-8-4-10-28(39)32(24)26)33(41)35(27)45-37(46-36)51-22-38-14-5-16-49(38)17-6-15-38/h3-4,7-12,19-20,25H,5-6,13-18,21-22H2,1-2H3/b12-11+. The van der Waals surface area contributed by atoms with Gasteiger partial charge in [0.15, 0.2) is 11.6 Å². The van der Waals surface area contributed by atoms with Crippen molar-refractivity contribution in [3.05, 3.63) is 83.0 Å². The Morgan fingerprint density at radius 2 is 1.84 bits per heavy atom. The molecule has 2 aromatic carbocycles. The van der Waals surface area contributed by atoms with Gasteiger partial charge in [0.05, 0.1) is 17.1 Å². The lowest BCUT2D eigenvalue weighted by Gasteiger charge is -2.31. The fraction of sp³-hybridized carbons (Fsp3) is 0.368. The molecule has 13 heteroatoms. The van der Waals surface area contributed by atoms with Crippen LogP contribution < -0.4 is 9.64 Å². The smallest absolute Gasteiger partial charge is 0.319 e. The average molecular weight is 711 g/mol. The summed E-state index contributed by atoms with van der Waals surface area (Å²) >= 11 is 6.63. The Balaban J connectivity index is 1.13. The molecule has 10 nitrogen and oxygen atoms in total. The number of nitrogens with zero attached hydrogens (tertiary/aromatic N) is 8. The summed E-state index contributed by atoms with van der Waals surface area (Å²) in [6, 6.07) is 11.1. The van der Waals surface area contributed by atoms with Gasteiger partial charge >= 0.3 is 6.01 Å². The fourth-order valence-corrected chi connectivity index (χ4v) is 8.26. The topological polar surface area (TPSA) is 100 Å². The summed E-state index contributed by atoms with van der Waals surface area (Å²) in [6.45, 7) is 5.04. The van der Waals surface area contributed by atoms with Gasteiger partial charge in [-0.05, 0) is 69.6 Å². The quantitative estimate of drug-likeness (QED) is 0.164. The molecule has 0 radical (unpaired) electrons. The van der Waals surface area contributed by atoms with E-state index in [2.05, 4.69) is 24.8 Å². The van der Waals surface area contributed by atoms with Crippen LogP contribution in [0.2, 0.25) is 5.02 Å². The van der Waals surface area contributed by atoms with Crippen molar-refractivity contribution in [3.8, 4) is 17.3 Å². The molecule has 3 fully saturated rings. The summed E-state index contributed by atoms with van der Waals surface area (Å²) in [6.07, 6.45) is 10.4. The Labute approximate surface area is 299 Å². The molecule has 0 bridgehead atoms. The number of pyridine rings is 1. The SMILES string of the molecule is Cc1ncc(F)c(/C=C/C(=O)N2CCC(N(C)c3nc(OCC45CCCN4CCC5)nc4c(F)c(-c5cccc6cccc(Cl)c56)ncc34)C2)n1. The number of benzene rings is 2. The van der Waals surface area contributed by atoms with Gasteiger partial charge in [-0.3, -0.25) is 14.7 Å². The van der Waals surface area contributed by atoms with Crippen LogP contribution in [0.3, 0.4) is 0 Å². The van der Waals surface area contributed by atoms with Crippen LogP contribution in [-0.4, -0.2) is 92.0 Å². The summed E-state index contributed by atoms with van der Waals surface area (Å²) in [5, 5.41) is 2.51. The van der Waals surface area contributed by atoms with E-state index < -0.39 is 11.6 Å². The summed E-state index contributed by atoms with van der Waals surface area (Å²) in [7, 11) is 1.88. The molecule has 51 heavy (non-hydrogen) atoms. The number of ether oxygens (including phenoxy) is 1. The Kier molecular flexibility index (Phi) is 8.75. The number of carbonyl (C=O) groups is 1. The summed E-state index contributed by atoms with van der Waals surface area (Å²) < 4.78 is 37.4. The first-order chi connectivity index (χ1) is 24.7. The van der Waals surface area contributed by atoms with Crippen LogP contribution in [0.15, 0.2) is 54.9 Å². The predicted molar refractivity (Wildman–Crippen MR) is 193 cm³/mol. The molecule has 0 N–H and O–H groups in total. The zero-order valence-corrected chi connectivity index (χ0v) is 29.2. The largest absolute Gasteiger partial charge is 0.461 e. The van der Waals surface area contributed by atoms with E-state index in [1.165, 1.54) is 12.2 Å². The number of carbonyl (C=O) groups excluding carboxylic acids is 1. The van der Waals surface area contributed by atoms with Crippen molar-refractivity contribution in [2.75, 3.05) is 44.7 Å². The van der Waals surface area contributed by atoms with Gasteiger partial charge in [-0.15, -0.1) is 0 Å². The number of likely N-dealkylation sites (N-methyl/N-ethyl adjacent to an activating group) is 1. The molecule has 5 aromatic rings. The Morgan fingerprint density at radius 3 is 2.65 bits per heavy atom. The first-order valence-corrected chi connectivity index (χ1v) is 17.7. The van der Waals surface area contributed by atoms with Crippen molar-refractivity contribution in [2.45, 2.75) is 50.6 Å². The van der Waals surface area contributed by atoms with Crippen molar-refractivity contribution >= 4 is 51.1 Å². The minimum Gasteiger partial charge on any atom is -0.461 e. The lowest BCUT2D eigenvalue weighted by Crippen LogP contribution is -2.43. The lowest BCUT2D eigenvalue weighted by molar-refractivity contribution is -0.124. The molecule has 3 saturated heterocycles. The van der Waals surface area contributed by atoms with Crippen molar-refractivity contribution in [2.24, 2.45) is 0 Å². The molecule has 6 heterocycles. The molecule has 0 saturated carbocycles. The maximum absolute atomic E-state index is 16.8. The zero-order chi connectivity index (χ0) is 35.3. The number of hydrogen-bond donors (Lipinski definition) is 0. The highest BCUT2D eigenvalue weighted by Crippen LogP contribution is 2.40. The lowest BCUT2D eigenvalue weighted by atomic mass is 9.95. The third-order valence-electron chi connectivity index (χ3n) is 10.7. The van der Waals surface area contributed by atoms with E-state index in [0.29, 0.717) is 59.1 Å². The van der Waals surface area contributed by atoms with Gasteiger partial charge in [0.1, 0.15) is 35.2 Å². The zero-order valence-electron chi connectivity index (χ0n) is 28.5. The second-order valence-corrected chi connectivity index (χ2v) is 14.1. The van der Waals surface area contributed by atoms with Crippen LogP contribution in [0.5, 0.6) is 6.01 Å². The minimum absolute atomic E-state index is 0.0563. The highest BCUT2D eigenvalue weighted by molar-refractivity contribution is 6.36. The van der Waals surface area contributed by atoms with Crippen LogP contribution in [0.25, 0.3) is 39.0 Å². The number of hydrogen-bond acceptors (Lipinski definition) is 9. The number of aryl methyl sites for hydroxylation is 1. The maximum Gasteiger partial charge on any atom is 0.319 e. The number of aromatic nitrogens is 5. The number of fused-ring (bicyclic) bond motifs is 3. The van der Waals surface area contributed by atoms with Crippen LogP contribution in [0.1, 0.15) is 43.6 Å². The first kappa shape index (κ1) is 33.3. The van der Waals surface area contributed by atoms with Gasteiger partial charge in [0, 0.05) is 54.4 Å². The second kappa shape index (κ2) is 13.4. The second-order valence-electron chi connectivity index (χ2n) is 13.7. The fourth-order valence-electron chi connectivity index (χ4n) is 7.97. The van der Waals surface area contributed by atoms with E-state index in [0.717, 1.165) is 50.4 Å². The van der Waals surface area contributed by atoms with E-state index in [-0.39, 0.29) is 40.4 Å². The third kappa shape index (κ3) is 6.14. The molecule has 3 aliphatic rings. The number of rotatable bonds is 8. The maximum atomic E-state index is 16.8. The summed E-state index contributed by atoms with van der Waals surface area (Å²) in [4.78, 5) is 41.4. The van der Waals surface area contributed by atoms with E-state index in [9.17, 15) is 9.18 Å². The Hall–Kier alpha value is -4.81. The molecule has 1 amide bonds. The molecular weight excluding hydrogens is 674 g/mol. The van der Waals surface area contributed by atoms with Gasteiger partial charge in [-0.2, -0.15) is 9.97 Å². The summed E-state index contributed by atoms with van der Waals surface area (Å²) in [5.41, 5.74) is 0.796. The number of likely N-dealkylation sites (tertiary alicyclic amines) is 1. The average Bonchev–Trinajstić information content (AvgIpc) is 3.88. The Bertz CT molecular complexity index is 2180. The third-order valence-corrected chi connectivity index (χ3v) is 11.0. The van der Waals surface area contributed by atoms with Crippen LogP contribution in [0.4, 0.5) is 14.6 Å². The minimum atomic E-state index is -0.599. The predicted octanol–water partition coefficient (Wildman–Crippen LogP) is 6.63. The van der Waals surface area contributed by atoms with Crippen LogP contribution in [0, 0.1) is 18.6 Å². The van der Waals surface area contributed by atoms with Gasteiger partial charge in [-0.25, -0.2) is 18.7 Å². The van der Waals surface area contributed by atoms with Crippen LogP contribution in [-0.2, 0) is 4.79 Å². The molecule has 0 aliphatic carbocycles. The molecule has 0 spiro atoms. The number of anilines is 1. The molecule has 1 unspecified atom stereocenters. The molecular formula is C38H37ClF2N8O2. The van der Waals surface area contributed by atoms with E-state index in [1.807, 2.05) is 42.3 Å². The molecule has 1 atom stereocenters. The van der Waals surface area contributed by atoms with E-state index >= 15 is 4.39 Å². The number of amides is 1. The highest BCUT2D eigenvalue weighted by Gasteiger charge is 2.45. The monoisotopic (exact) mass is 710 g/mol. The van der Waals surface area contributed by atoms with Crippen molar-refractivity contribution in [1.29, 1.82) is 0 Å². The first-order valence-electron chi connectivity index (χ1n) is 17.3. The number of halogens is 3. The van der Waals surface area contributed by atoms with E-state index in [1.54, 1.807) is 24.1 Å². The van der Waals surface area contributed by atoms with E-state index in [4.69, 9.17) is 21.3 Å². The van der Waals surface area contributed by atoms with Gasteiger partial charge < -0.3 is 14.5 Å². The normalized spacial score (nSPS) is 18.7. The van der Waals surface area contributed by atoms with Crippen molar-refractivity contribution < 1.29 is 18.3 Å². The molecule has 3 aliphatic heterocycles. The van der Waals surface area contributed by atoms with Crippen molar-refractivity contribution in [1.82, 2.24) is 34.7 Å². The molecule has 262 valence electrons. The molecule has 8 rings (SSSR count). The van der Waals surface area contributed by atoms with Gasteiger partial charge in [-0.1, -0.05) is 41.9 Å². The van der Waals surface area contributed by atoms with Crippen molar-refractivity contribution in [3.63, 3.8) is 0 Å². The van der Waals surface area contributed by atoms with Gasteiger partial charge in [0.2, 0.25) is 5.91 Å². The highest BCUT2D eigenvalue weighted by atomic mass is 35.5.